The van der Waals surface area contributed by atoms with Crippen LogP contribution in [0.3, 0.4) is 0 Å². The first-order chi connectivity index (χ1) is 15.8. The van der Waals surface area contributed by atoms with E-state index in [2.05, 4.69) is 25.6 Å². The summed E-state index contributed by atoms with van der Waals surface area (Å²) in [4.78, 5) is 26.2. The first kappa shape index (κ1) is 26.0. The molecule has 1 atom stereocenters. The number of halogens is 1. The molecule has 2 aromatic heterocycles. The van der Waals surface area contributed by atoms with Crippen molar-refractivity contribution in [1.82, 2.24) is 24.8 Å². The van der Waals surface area contributed by atoms with Gasteiger partial charge in [-0.25, -0.2) is 9.97 Å². The van der Waals surface area contributed by atoms with Crippen molar-refractivity contribution in [3.05, 3.63) is 64.3 Å². The minimum absolute atomic E-state index is 0. The molecule has 4 rings (SSSR count). The third-order valence-corrected chi connectivity index (χ3v) is 6.00. The van der Waals surface area contributed by atoms with Gasteiger partial charge in [0.1, 0.15) is 17.8 Å². The molecule has 1 aliphatic heterocycles. The predicted octanol–water partition coefficient (Wildman–Crippen LogP) is 3.10. The van der Waals surface area contributed by atoms with Crippen molar-refractivity contribution in [1.29, 1.82) is 0 Å². The Morgan fingerprint density at radius 3 is 2.85 bits per heavy atom. The van der Waals surface area contributed by atoms with Crippen molar-refractivity contribution in [3.63, 3.8) is 0 Å². The van der Waals surface area contributed by atoms with Gasteiger partial charge >= 0.3 is 0 Å². The second-order valence-electron chi connectivity index (χ2n) is 8.57. The van der Waals surface area contributed by atoms with Gasteiger partial charge in [-0.05, 0) is 38.8 Å². The van der Waals surface area contributed by atoms with E-state index in [0.717, 1.165) is 24.2 Å². The number of imidazole rings is 1. The number of ether oxygens (including phenoxy) is 1. The molecule has 0 bridgehead atoms. The second kappa shape index (κ2) is 10.7. The third kappa shape index (κ3) is 5.52. The molecule has 1 aliphatic rings. The number of aliphatic hydroxyl groups excluding tert-OH is 1. The molecule has 0 spiro atoms. The summed E-state index contributed by atoms with van der Waals surface area (Å²) in [6.07, 6.45) is 5.83. The lowest BCUT2D eigenvalue weighted by Gasteiger charge is -2.29. The van der Waals surface area contributed by atoms with Gasteiger partial charge in [0.05, 0.1) is 24.8 Å². The molecular weight excluding hydrogens is 476 g/mol. The minimum atomic E-state index is -0.783. The van der Waals surface area contributed by atoms with Gasteiger partial charge in [0.25, 0.3) is 5.91 Å². The SMILES string of the molecule is Cc1cnc(N[C@H]2CCOC2)nc1-n1cnc(C(=O)NC(C)(C)c2cccc(Cl)c2CO)c1.S. The third-order valence-electron chi connectivity index (χ3n) is 5.64. The molecule has 0 unspecified atom stereocenters. The Labute approximate surface area is 210 Å². The van der Waals surface area contributed by atoms with E-state index < -0.39 is 5.54 Å². The van der Waals surface area contributed by atoms with Crippen LogP contribution in [0.15, 0.2) is 36.9 Å². The fraction of sp³-hybridized carbons (Fsp3) is 0.391. The number of aromatic nitrogens is 4. The fourth-order valence-electron chi connectivity index (χ4n) is 3.87. The average Bonchev–Trinajstić information content (AvgIpc) is 3.47. The molecule has 0 radical (unpaired) electrons. The van der Waals surface area contributed by atoms with Gasteiger partial charge in [0.2, 0.25) is 5.95 Å². The van der Waals surface area contributed by atoms with Gasteiger partial charge in [-0.15, -0.1) is 0 Å². The Bertz CT molecular complexity index is 1160. The zero-order valence-electron chi connectivity index (χ0n) is 19.3. The highest BCUT2D eigenvalue weighted by atomic mass is 35.5. The highest BCUT2D eigenvalue weighted by molar-refractivity contribution is 7.59. The number of rotatable bonds is 7. The molecule has 3 heterocycles. The van der Waals surface area contributed by atoms with Crippen LogP contribution in [0.5, 0.6) is 0 Å². The summed E-state index contributed by atoms with van der Waals surface area (Å²) in [5.41, 5.74) is 1.63. The second-order valence-corrected chi connectivity index (χ2v) is 8.98. The maximum atomic E-state index is 13.0. The number of nitrogens with one attached hydrogen (secondary N) is 2. The summed E-state index contributed by atoms with van der Waals surface area (Å²) in [5.74, 6) is 0.787. The first-order valence-electron chi connectivity index (χ1n) is 10.7. The minimum Gasteiger partial charge on any atom is -0.392 e. The Kier molecular flexibility index (Phi) is 8.19. The topological polar surface area (TPSA) is 114 Å². The van der Waals surface area contributed by atoms with Gasteiger partial charge < -0.3 is 20.5 Å². The summed E-state index contributed by atoms with van der Waals surface area (Å²) < 4.78 is 7.09. The largest absolute Gasteiger partial charge is 0.392 e. The Morgan fingerprint density at radius 2 is 2.15 bits per heavy atom. The van der Waals surface area contributed by atoms with Crippen LogP contribution in [0, 0.1) is 6.92 Å². The van der Waals surface area contributed by atoms with Crippen molar-refractivity contribution in [2.45, 2.75) is 45.4 Å². The van der Waals surface area contributed by atoms with E-state index >= 15 is 0 Å². The maximum absolute atomic E-state index is 13.0. The van der Waals surface area contributed by atoms with E-state index in [9.17, 15) is 9.90 Å². The lowest BCUT2D eigenvalue weighted by Crippen LogP contribution is -2.41. The number of nitrogens with zero attached hydrogens (tertiary/aromatic N) is 4. The molecule has 0 saturated carbocycles. The number of carbonyl (C=O) groups is 1. The molecule has 11 heteroatoms. The predicted molar refractivity (Wildman–Crippen MR) is 135 cm³/mol. The van der Waals surface area contributed by atoms with Crippen molar-refractivity contribution in [2.24, 2.45) is 0 Å². The van der Waals surface area contributed by atoms with Crippen LogP contribution in [0.1, 0.15) is 47.4 Å². The van der Waals surface area contributed by atoms with Crippen molar-refractivity contribution in [3.8, 4) is 5.82 Å². The summed E-state index contributed by atoms with van der Waals surface area (Å²) in [6, 6.07) is 5.52. The van der Waals surface area contributed by atoms with Crippen LogP contribution in [0.4, 0.5) is 5.95 Å². The molecule has 182 valence electrons. The monoisotopic (exact) mass is 504 g/mol. The standard InChI is InChI=1S/C23H27ClN6O3.H2S/c1-14-9-25-22(27-15-7-8-33-12-15)28-20(14)30-10-19(26-13-30)21(32)29-23(2,3)17-5-4-6-18(24)16(17)11-31;/h4-6,9-10,13,15,31H,7-8,11-12H2,1-3H3,(H,29,32)(H,25,27,28);1H2/t15-;/m0./s1. The van der Waals surface area contributed by atoms with E-state index in [1.54, 1.807) is 35.4 Å². The maximum Gasteiger partial charge on any atom is 0.272 e. The number of benzene rings is 1. The van der Waals surface area contributed by atoms with Gasteiger partial charge in [-0.2, -0.15) is 18.5 Å². The quantitative estimate of drug-likeness (QED) is 0.453. The number of aryl methyl sites for hydroxylation is 1. The zero-order valence-corrected chi connectivity index (χ0v) is 21.1. The lowest BCUT2D eigenvalue weighted by molar-refractivity contribution is 0.0906. The Hall–Kier alpha value is -2.66. The fourth-order valence-corrected chi connectivity index (χ4v) is 4.11. The van der Waals surface area contributed by atoms with Gasteiger partial charge in [0, 0.05) is 35.2 Å². The van der Waals surface area contributed by atoms with Crippen LogP contribution in [-0.2, 0) is 16.9 Å². The summed E-state index contributed by atoms with van der Waals surface area (Å²) >= 11 is 6.23. The number of amides is 1. The molecule has 3 aromatic rings. The number of hydrogen-bond donors (Lipinski definition) is 3. The van der Waals surface area contributed by atoms with E-state index in [-0.39, 0.29) is 37.7 Å². The van der Waals surface area contributed by atoms with Crippen LogP contribution >= 0.6 is 25.1 Å². The molecule has 34 heavy (non-hydrogen) atoms. The van der Waals surface area contributed by atoms with Crippen molar-refractivity contribution in [2.75, 3.05) is 18.5 Å². The molecule has 9 nitrogen and oxygen atoms in total. The molecule has 1 saturated heterocycles. The highest BCUT2D eigenvalue weighted by Crippen LogP contribution is 2.29. The van der Waals surface area contributed by atoms with E-state index in [4.69, 9.17) is 16.3 Å². The molecule has 1 aromatic carbocycles. The van der Waals surface area contributed by atoms with Gasteiger partial charge in [0.15, 0.2) is 0 Å². The number of aliphatic hydroxyl groups is 1. The van der Waals surface area contributed by atoms with Gasteiger partial charge in [-0.3, -0.25) is 9.36 Å². The summed E-state index contributed by atoms with van der Waals surface area (Å²) in [5, 5.41) is 16.5. The zero-order chi connectivity index (χ0) is 23.6. The lowest BCUT2D eigenvalue weighted by atomic mass is 9.90. The smallest absolute Gasteiger partial charge is 0.272 e. The van der Waals surface area contributed by atoms with Crippen molar-refractivity contribution < 1.29 is 14.6 Å². The Balaban J connectivity index is 0.00000324. The van der Waals surface area contributed by atoms with Crippen molar-refractivity contribution >= 4 is 37.0 Å². The van der Waals surface area contributed by atoms with Gasteiger partial charge in [-0.1, -0.05) is 23.7 Å². The number of carbonyl (C=O) groups excluding carboxylic acids is 1. The van der Waals surface area contributed by atoms with E-state index in [0.29, 0.717) is 29.0 Å². The number of anilines is 1. The average molecular weight is 505 g/mol. The van der Waals surface area contributed by atoms with Crippen LogP contribution in [0.25, 0.3) is 5.82 Å². The first-order valence-corrected chi connectivity index (χ1v) is 11.1. The van der Waals surface area contributed by atoms with Crippen LogP contribution < -0.4 is 10.6 Å². The Morgan fingerprint density at radius 1 is 1.35 bits per heavy atom. The van der Waals surface area contributed by atoms with E-state index in [1.165, 1.54) is 0 Å². The molecular formula is C23H29ClN6O3S. The molecule has 1 amide bonds. The molecule has 0 aliphatic carbocycles. The molecule has 1 fully saturated rings. The normalized spacial score (nSPS) is 15.6. The van der Waals surface area contributed by atoms with E-state index in [1.807, 2.05) is 26.8 Å². The van der Waals surface area contributed by atoms with Crippen LogP contribution in [0.2, 0.25) is 5.02 Å². The summed E-state index contributed by atoms with van der Waals surface area (Å²) in [6.45, 7) is 6.73. The molecule has 3 N–H and O–H groups in total. The van der Waals surface area contributed by atoms with Crippen LogP contribution in [-0.4, -0.2) is 49.8 Å². The highest BCUT2D eigenvalue weighted by Gasteiger charge is 2.28. The number of hydrogen-bond acceptors (Lipinski definition) is 7. The summed E-state index contributed by atoms with van der Waals surface area (Å²) in [7, 11) is 0.